The van der Waals surface area contributed by atoms with Crippen molar-refractivity contribution in [1.82, 2.24) is 9.97 Å². The van der Waals surface area contributed by atoms with E-state index in [2.05, 4.69) is 9.97 Å². The summed E-state index contributed by atoms with van der Waals surface area (Å²) in [5, 5.41) is 0.187. The van der Waals surface area contributed by atoms with Crippen LogP contribution in [0.4, 0.5) is 8.78 Å². The number of aromatic amines is 1. The van der Waals surface area contributed by atoms with Crippen LogP contribution in [0.1, 0.15) is 15.9 Å². The van der Waals surface area contributed by atoms with Gasteiger partial charge in [-0.15, -0.1) is 0 Å². The zero-order valence-corrected chi connectivity index (χ0v) is 10.7. The molecule has 100 valence electrons. The van der Waals surface area contributed by atoms with E-state index >= 15 is 0 Å². The molecule has 2 heterocycles. The van der Waals surface area contributed by atoms with Crippen molar-refractivity contribution in [3.05, 3.63) is 64.6 Å². The number of H-pyrrole nitrogens is 1. The van der Waals surface area contributed by atoms with Crippen LogP contribution in [0, 0.1) is 11.6 Å². The number of carbonyl (C=O) groups is 1. The van der Waals surface area contributed by atoms with E-state index in [-0.39, 0.29) is 16.1 Å². The van der Waals surface area contributed by atoms with Gasteiger partial charge < -0.3 is 4.98 Å². The monoisotopic (exact) mass is 292 g/mol. The smallest absolute Gasteiger partial charge is 0.198 e. The molecule has 0 bridgehead atoms. The molecule has 0 unspecified atom stereocenters. The summed E-state index contributed by atoms with van der Waals surface area (Å²) in [6.07, 6.45) is 4.50. The number of ketones is 1. The summed E-state index contributed by atoms with van der Waals surface area (Å²) >= 11 is 5.47. The van der Waals surface area contributed by atoms with Crippen LogP contribution < -0.4 is 0 Å². The Bertz CT molecular complexity index is 829. The highest BCUT2D eigenvalue weighted by molar-refractivity contribution is 6.31. The molecule has 0 radical (unpaired) electrons. The summed E-state index contributed by atoms with van der Waals surface area (Å²) in [6, 6.07) is 3.28. The van der Waals surface area contributed by atoms with Gasteiger partial charge in [0.15, 0.2) is 5.78 Å². The number of halogens is 3. The van der Waals surface area contributed by atoms with Gasteiger partial charge in [0.25, 0.3) is 0 Å². The van der Waals surface area contributed by atoms with Crippen molar-refractivity contribution < 1.29 is 13.6 Å². The zero-order chi connectivity index (χ0) is 14.3. The molecular weight excluding hydrogens is 286 g/mol. The molecule has 0 aliphatic carbocycles. The number of fused-ring (bicyclic) bond motifs is 1. The lowest BCUT2D eigenvalue weighted by Gasteiger charge is -2.03. The van der Waals surface area contributed by atoms with E-state index in [0.29, 0.717) is 10.9 Å². The van der Waals surface area contributed by atoms with Gasteiger partial charge in [-0.2, -0.15) is 0 Å². The lowest BCUT2D eigenvalue weighted by molar-refractivity contribution is 0.103. The summed E-state index contributed by atoms with van der Waals surface area (Å²) in [5.74, 6) is -2.33. The van der Waals surface area contributed by atoms with Gasteiger partial charge in [-0.25, -0.2) is 8.78 Å². The second-order valence-electron chi connectivity index (χ2n) is 4.20. The van der Waals surface area contributed by atoms with Crippen molar-refractivity contribution in [2.45, 2.75) is 0 Å². The van der Waals surface area contributed by atoms with Gasteiger partial charge >= 0.3 is 0 Å². The van der Waals surface area contributed by atoms with Crippen LogP contribution in [0.25, 0.3) is 10.9 Å². The number of hydrogen-bond acceptors (Lipinski definition) is 2. The molecule has 0 atom stereocenters. The first kappa shape index (κ1) is 12.7. The van der Waals surface area contributed by atoms with E-state index in [4.69, 9.17) is 11.6 Å². The molecule has 6 heteroatoms. The van der Waals surface area contributed by atoms with Gasteiger partial charge in [-0.05, 0) is 18.2 Å². The maximum absolute atomic E-state index is 13.8. The molecule has 0 spiro atoms. The van der Waals surface area contributed by atoms with E-state index in [9.17, 15) is 13.6 Å². The van der Waals surface area contributed by atoms with Crippen LogP contribution in [0.3, 0.4) is 0 Å². The van der Waals surface area contributed by atoms with Crippen LogP contribution in [-0.4, -0.2) is 15.8 Å². The maximum atomic E-state index is 13.8. The largest absolute Gasteiger partial charge is 0.360 e. The lowest BCUT2D eigenvalue weighted by Crippen LogP contribution is -2.04. The van der Waals surface area contributed by atoms with E-state index in [1.807, 2.05) is 0 Å². The van der Waals surface area contributed by atoms with Crippen molar-refractivity contribution >= 4 is 28.3 Å². The molecule has 3 aromatic rings. The van der Waals surface area contributed by atoms with Crippen LogP contribution in [0.2, 0.25) is 5.02 Å². The minimum absolute atomic E-state index is 0.230. The second-order valence-corrected chi connectivity index (χ2v) is 4.61. The Balaban J connectivity index is 2.16. The van der Waals surface area contributed by atoms with Crippen molar-refractivity contribution in [3.8, 4) is 0 Å². The van der Waals surface area contributed by atoms with Crippen molar-refractivity contribution in [3.63, 3.8) is 0 Å². The first-order valence-corrected chi connectivity index (χ1v) is 6.06. The molecule has 1 N–H and O–H groups in total. The number of benzene rings is 1. The van der Waals surface area contributed by atoms with E-state index in [0.717, 1.165) is 12.1 Å². The minimum atomic E-state index is -0.861. The number of pyridine rings is 1. The lowest BCUT2D eigenvalue weighted by atomic mass is 10.0. The molecule has 3 nitrogen and oxygen atoms in total. The molecular formula is C14H7ClF2N2O. The van der Waals surface area contributed by atoms with E-state index in [1.54, 1.807) is 12.3 Å². The maximum Gasteiger partial charge on any atom is 0.198 e. The SMILES string of the molecule is O=C(c1cc(F)c(Cl)cc1F)c1c[nH]c2ccncc12. The summed E-state index contributed by atoms with van der Waals surface area (Å²) in [6.45, 7) is 0. The number of rotatable bonds is 2. The fraction of sp³-hybridized carbons (Fsp3) is 0. The Hall–Kier alpha value is -2.27. The van der Waals surface area contributed by atoms with Crippen LogP contribution >= 0.6 is 11.6 Å². The average Bonchev–Trinajstić information content (AvgIpc) is 2.86. The van der Waals surface area contributed by atoms with Gasteiger partial charge in [-0.1, -0.05) is 11.6 Å². The summed E-state index contributed by atoms with van der Waals surface area (Å²) in [5.41, 5.74) is 0.559. The molecule has 0 aliphatic heterocycles. The molecule has 2 aromatic heterocycles. The third-order valence-electron chi connectivity index (χ3n) is 2.98. The third-order valence-corrected chi connectivity index (χ3v) is 3.27. The Morgan fingerprint density at radius 3 is 2.80 bits per heavy atom. The Morgan fingerprint density at radius 1 is 1.20 bits per heavy atom. The Labute approximate surface area is 117 Å². The third kappa shape index (κ3) is 1.96. The molecule has 1 aromatic carbocycles. The predicted molar refractivity (Wildman–Crippen MR) is 70.9 cm³/mol. The number of nitrogens with zero attached hydrogens (tertiary/aromatic N) is 1. The fourth-order valence-electron chi connectivity index (χ4n) is 1.99. The van der Waals surface area contributed by atoms with Crippen LogP contribution in [0.5, 0.6) is 0 Å². The van der Waals surface area contributed by atoms with Gasteiger partial charge in [-0.3, -0.25) is 9.78 Å². The Morgan fingerprint density at radius 2 is 2.00 bits per heavy atom. The topological polar surface area (TPSA) is 45.8 Å². The molecule has 20 heavy (non-hydrogen) atoms. The van der Waals surface area contributed by atoms with Gasteiger partial charge in [0.05, 0.1) is 10.6 Å². The van der Waals surface area contributed by atoms with Crippen LogP contribution in [-0.2, 0) is 0 Å². The molecule has 0 saturated carbocycles. The van der Waals surface area contributed by atoms with Gasteiger partial charge in [0.2, 0.25) is 0 Å². The van der Waals surface area contributed by atoms with E-state index < -0.39 is 17.4 Å². The fourth-order valence-corrected chi connectivity index (χ4v) is 2.14. The second kappa shape index (κ2) is 4.68. The van der Waals surface area contributed by atoms with Crippen LogP contribution in [0.15, 0.2) is 36.8 Å². The predicted octanol–water partition coefficient (Wildman–Crippen LogP) is 3.73. The first-order valence-electron chi connectivity index (χ1n) is 5.68. The quantitative estimate of drug-likeness (QED) is 0.578. The minimum Gasteiger partial charge on any atom is -0.360 e. The average molecular weight is 293 g/mol. The highest BCUT2D eigenvalue weighted by Gasteiger charge is 2.20. The standard InChI is InChI=1S/C14H7ClF2N2O/c15-10-4-11(16)7(3-12(10)17)14(20)9-6-19-13-1-2-18-5-8(9)13/h1-6,19H. The summed E-state index contributed by atoms with van der Waals surface area (Å²) < 4.78 is 27.2. The number of nitrogens with one attached hydrogen (secondary N) is 1. The normalized spacial score (nSPS) is 10.9. The number of carbonyl (C=O) groups excluding carboxylic acids is 1. The first-order chi connectivity index (χ1) is 9.58. The van der Waals surface area contributed by atoms with Crippen molar-refractivity contribution in [1.29, 1.82) is 0 Å². The van der Waals surface area contributed by atoms with Crippen molar-refractivity contribution in [2.75, 3.05) is 0 Å². The molecule has 0 saturated heterocycles. The molecule has 0 aliphatic rings. The Kier molecular flexibility index (Phi) is 2.99. The summed E-state index contributed by atoms with van der Waals surface area (Å²) in [4.78, 5) is 19.1. The summed E-state index contributed by atoms with van der Waals surface area (Å²) in [7, 11) is 0. The van der Waals surface area contributed by atoms with E-state index in [1.165, 1.54) is 12.4 Å². The highest BCUT2D eigenvalue weighted by atomic mass is 35.5. The zero-order valence-electron chi connectivity index (χ0n) is 9.95. The van der Waals surface area contributed by atoms with Crippen molar-refractivity contribution in [2.24, 2.45) is 0 Å². The highest BCUT2D eigenvalue weighted by Crippen LogP contribution is 2.24. The van der Waals surface area contributed by atoms with Gasteiger partial charge in [0, 0.05) is 35.1 Å². The number of hydrogen-bond donors (Lipinski definition) is 1. The molecule has 0 fully saturated rings. The number of aromatic nitrogens is 2. The molecule has 3 rings (SSSR count). The van der Waals surface area contributed by atoms with Gasteiger partial charge in [0.1, 0.15) is 11.6 Å². The molecule has 0 amide bonds.